The Morgan fingerprint density at radius 3 is 2.21 bits per heavy atom. The van der Waals surface area contributed by atoms with Gasteiger partial charge in [-0.2, -0.15) is 0 Å². The van der Waals surface area contributed by atoms with Crippen LogP contribution in [0.15, 0.2) is 54.7 Å². The van der Waals surface area contributed by atoms with Gasteiger partial charge >= 0.3 is 0 Å². The lowest BCUT2D eigenvalue weighted by Crippen LogP contribution is -2.12. The normalized spacial score (nSPS) is 10.6. The first-order valence-electron chi connectivity index (χ1n) is 7.51. The second kappa shape index (κ2) is 6.12. The second-order valence-electron chi connectivity index (χ2n) is 5.54. The Hall–Kier alpha value is -3.21. The topological polar surface area (TPSA) is 68.2 Å². The number of anilines is 1. The summed E-state index contributed by atoms with van der Waals surface area (Å²) in [5, 5.41) is 3.51. The fourth-order valence-corrected chi connectivity index (χ4v) is 2.61. The first-order valence-corrected chi connectivity index (χ1v) is 7.51. The number of para-hydroxylation sites is 1. The maximum Gasteiger partial charge on any atom is 0.257 e. The highest BCUT2D eigenvalue weighted by Gasteiger charge is 2.16. The number of nitrogens with zero attached hydrogens (tertiary/aromatic N) is 1. The molecule has 0 atom stereocenters. The molecule has 0 saturated carbocycles. The van der Waals surface area contributed by atoms with Crippen LogP contribution < -0.4 is 5.32 Å². The van der Waals surface area contributed by atoms with Crippen molar-refractivity contribution in [1.82, 2.24) is 4.57 Å². The summed E-state index contributed by atoms with van der Waals surface area (Å²) in [5.41, 5.74) is 2.30. The van der Waals surface area contributed by atoms with E-state index in [1.54, 1.807) is 36.5 Å². The molecule has 0 radical (unpaired) electrons. The molecule has 1 N–H and O–H groups in total. The minimum atomic E-state index is -0.304. The van der Waals surface area contributed by atoms with Crippen LogP contribution in [0.3, 0.4) is 0 Å². The molecule has 120 valence electrons. The lowest BCUT2D eigenvalue weighted by molar-refractivity contribution is 0.0940. The average molecular weight is 320 g/mol. The molecule has 0 aliphatic rings. The van der Waals surface area contributed by atoms with Crippen molar-refractivity contribution >= 4 is 34.2 Å². The van der Waals surface area contributed by atoms with Gasteiger partial charge in [-0.25, -0.2) is 0 Å². The van der Waals surface area contributed by atoms with Crippen molar-refractivity contribution in [2.75, 3.05) is 5.32 Å². The van der Waals surface area contributed by atoms with Crippen molar-refractivity contribution in [2.45, 2.75) is 13.8 Å². The number of hydrogen-bond donors (Lipinski definition) is 1. The molecule has 0 saturated heterocycles. The molecule has 1 amide bonds. The van der Waals surface area contributed by atoms with Crippen molar-refractivity contribution in [1.29, 1.82) is 0 Å². The number of carbonyl (C=O) groups excluding carboxylic acids is 3. The van der Waals surface area contributed by atoms with Crippen LogP contribution in [-0.4, -0.2) is 22.2 Å². The highest BCUT2D eigenvalue weighted by molar-refractivity contribution is 6.14. The van der Waals surface area contributed by atoms with Crippen LogP contribution >= 0.6 is 0 Å². The van der Waals surface area contributed by atoms with Crippen LogP contribution in [0.4, 0.5) is 5.69 Å². The minimum Gasteiger partial charge on any atom is -0.322 e. The first-order chi connectivity index (χ1) is 11.5. The van der Waals surface area contributed by atoms with E-state index in [1.165, 1.54) is 18.4 Å². The molecule has 3 aromatic rings. The zero-order valence-electron chi connectivity index (χ0n) is 13.4. The van der Waals surface area contributed by atoms with Gasteiger partial charge in [0.15, 0.2) is 5.78 Å². The summed E-state index contributed by atoms with van der Waals surface area (Å²) >= 11 is 0. The standard InChI is InChI=1S/C19H16N2O3/c1-12(22)14-7-9-15(10-8-14)20-19(24)17-11-21(13(2)23)18-6-4-3-5-16(17)18/h3-11H,1-2H3,(H,20,24). The number of amides is 1. The summed E-state index contributed by atoms with van der Waals surface area (Å²) in [7, 11) is 0. The molecule has 0 bridgehead atoms. The van der Waals surface area contributed by atoms with Crippen LogP contribution in [0, 0.1) is 0 Å². The highest BCUT2D eigenvalue weighted by atomic mass is 16.2. The van der Waals surface area contributed by atoms with E-state index < -0.39 is 0 Å². The number of carbonyl (C=O) groups is 3. The van der Waals surface area contributed by atoms with E-state index >= 15 is 0 Å². The Morgan fingerprint density at radius 1 is 0.917 bits per heavy atom. The van der Waals surface area contributed by atoms with Gasteiger partial charge in [0.1, 0.15) is 0 Å². The number of ketones is 1. The Balaban J connectivity index is 1.94. The van der Waals surface area contributed by atoms with E-state index in [0.29, 0.717) is 27.7 Å². The second-order valence-corrected chi connectivity index (χ2v) is 5.54. The van der Waals surface area contributed by atoms with Gasteiger partial charge in [-0.3, -0.25) is 19.0 Å². The quantitative estimate of drug-likeness (QED) is 0.747. The molecule has 24 heavy (non-hydrogen) atoms. The zero-order chi connectivity index (χ0) is 17.3. The molecular weight excluding hydrogens is 304 g/mol. The number of rotatable bonds is 3. The van der Waals surface area contributed by atoms with Gasteiger partial charge in [0, 0.05) is 29.8 Å². The summed E-state index contributed by atoms with van der Waals surface area (Å²) in [6, 6.07) is 13.9. The highest BCUT2D eigenvalue weighted by Crippen LogP contribution is 2.22. The monoisotopic (exact) mass is 320 g/mol. The van der Waals surface area contributed by atoms with Crippen molar-refractivity contribution in [3.63, 3.8) is 0 Å². The van der Waals surface area contributed by atoms with E-state index in [-0.39, 0.29) is 17.6 Å². The van der Waals surface area contributed by atoms with Gasteiger partial charge < -0.3 is 5.32 Å². The summed E-state index contributed by atoms with van der Waals surface area (Å²) in [4.78, 5) is 35.6. The molecular formula is C19H16N2O3. The maximum atomic E-state index is 12.6. The fourth-order valence-electron chi connectivity index (χ4n) is 2.61. The minimum absolute atomic E-state index is 0.0302. The first kappa shape index (κ1) is 15.7. The molecule has 0 spiro atoms. The number of aromatic nitrogens is 1. The van der Waals surface area contributed by atoms with E-state index in [0.717, 1.165) is 0 Å². The fraction of sp³-hybridized carbons (Fsp3) is 0.105. The molecule has 1 heterocycles. The van der Waals surface area contributed by atoms with Crippen molar-refractivity contribution < 1.29 is 14.4 Å². The predicted octanol–water partition coefficient (Wildman–Crippen LogP) is 3.76. The molecule has 5 heteroatoms. The van der Waals surface area contributed by atoms with Gasteiger partial charge in [-0.05, 0) is 37.3 Å². The molecule has 3 rings (SSSR count). The van der Waals surface area contributed by atoms with Crippen LogP contribution in [0.1, 0.15) is 39.4 Å². The Morgan fingerprint density at radius 2 is 1.58 bits per heavy atom. The summed E-state index contributed by atoms with van der Waals surface area (Å²) in [6.07, 6.45) is 1.55. The SMILES string of the molecule is CC(=O)c1ccc(NC(=O)c2cn(C(C)=O)c3ccccc23)cc1. The molecule has 5 nitrogen and oxygen atoms in total. The van der Waals surface area contributed by atoms with Gasteiger partial charge in [-0.15, -0.1) is 0 Å². The third-order valence-corrected chi connectivity index (χ3v) is 3.85. The van der Waals surface area contributed by atoms with Crippen molar-refractivity contribution in [2.24, 2.45) is 0 Å². The van der Waals surface area contributed by atoms with Crippen LogP contribution in [0.5, 0.6) is 0 Å². The van der Waals surface area contributed by atoms with Gasteiger partial charge in [0.2, 0.25) is 5.91 Å². The summed E-state index contributed by atoms with van der Waals surface area (Å²) in [6.45, 7) is 2.94. The van der Waals surface area contributed by atoms with E-state index in [4.69, 9.17) is 0 Å². The van der Waals surface area contributed by atoms with Gasteiger partial charge in [-0.1, -0.05) is 18.2 Å². The molecule has 0 aliphatic carbocycles. The smallest absolute Gasteiger partial charge is 0.257 e. The Kier molecular flexibility index (Phi) is 4.00. The van der Waals surface area contributed by atoms with Crippen LogP contribution in [0.25, 0.3) is 10.9 Å². The number of benzene rings is 2. The van der Waals surface area contributed by atoms with Gasteiger partial charge in [0.25, 0.3) is 5.91 Å². The molecule has 0 fully saturated rings. The number of nitrogens with one attached hydrogen (secondary N) is 1. The maximum absolute atomic E-state index is 12.6. The zero-order valence-corrected chi connectivity index (χ0v) is 13.4. The summed E-state index contributed by atoms with van der Waals surface area (Å²) in [5.74, 6) is -0.491. The number of fused-ring (bicyclic) bond motifs is 1. The van der Waals surface area contributed by atoms with Crippen LogP contribution in [-0.2, 0) is 0 Å². The summed E-state index contributed by atoms with van der Waals surface area (Å²) < 4.78 is 1.46. The van der Waals surface area contributed by atoms with E-state index in [9.17, 15) is 14.4 Å². The number of Topliss-reactive ketones (excluding diaryl/α,β-unsaturated/α-hetero) is 1. The Labute approximate surface area is 138 Å². The molecule has 0 aliphatic heterocycles. The largest absolute Gasteiger partial charge is 0.322 e. The van der Waals surface area contributed by atoms with Crippen molar-refractivity contribution in [3.8, 4) is 0 Å². The Bertz CT molecular complexity index is 952. The van der Waals surface area contributed by atoms with E-state index in [1.807, 2.05) is 18.2 Å². The molecule has 1 aromatic heterocycles. The third kappa shape index (κ3) is 2.84. The lowest BCUT2D eigenvalue weighted by atomic mass is 10.1. The van der Waals surface area contributed by atoms with E-state index in [2.05, 4.69) is 5.32 Å². The number of hydrogen-bond acceptors (Lipinski definition) is 3. The third-order valence-electron chi connectivity index (χ3n) is 3.85. The lowest BCUT2D eigenvalue weighted by Gasteiger charge is -2.05. The van der Waals surface area contributed by atoms with Gasteiger partial charge in [0.05, 0.1) is 11.1 Å². The van der Waals surface area contributed by atoms with Crippen LogP contribution in [0.2, 0.25) is 0 Å². The van der Waals surface area contributed by atoms with Crippen molar-refractivity contribution in [3.05, 3.63) is 65.9 Å². The average Bonchev–Trinajstić information content (AvgIpc) is 2.95. The molecule has 2 aromatic carbocycles. The molecule has 0 unspecified atom stereocenters. The predicted molar refractivity (Wildman–Crippen MR) is 92.6 cm³/mol.